The van der Waals surface area contributed by atoms with Crippen LogP contribution in [-0.4, -0.2) is 69.1 Å². The average Bonchev–Trinajstić information content (AvgIpc) is 3.29. The fourth-order valence-corrected chi connectivity index (χ4v) is 3.60. The van der Waals surface area contributed by atoms with Gasteiger partial charge < -0.3 is 24.6 Å². The third-order valence-corrected chi connectivity index (χ3v) is 5.48. The largest absolute Gasteiger partial charge is 0.497 e. The molecule has 0 saturated carbocycles. The standard InChI is InChI=1S/C25H35N5O2/c1-5-30(16-17-32-24-12-10-23(31-4)11-13-24)22-8-6-20(7-9-22)25-21(18-27-28-25)19-29(3)15-14-26-2/h6-13,18,26H,5,14-17,19H2,1-4H3,(H,27,28). The third-order valence-electron chi connectivity index (χ3n) is 5.48. The fraction of sp³-hybridized carbons (Fsp3) is 0.400. The topological polar surface area (TPSA) is 65.7 Å². The van der Waals surface area contributed by atoms with Gasteiger partial charge in [-0.05, 0) is 57.4 Å². The zero-order chi connectivity index (χ0) is 22.8. The molecule has 172 valence electrons. The molecule has 1 heterocycles. The van der Waals surface area contributed by atoms with E-state index in [2.05, 4.69) is 63.6 Å². The van der Waals surface area contributed by atoms with Crippen LogP contribution in [0.4, 0.5) is 5.69 Å². The Morgan fingerprint density at radius 3 is 2.38 bits per heavy atom. The second-order valence-corrected chi connectivity index (χ2v) is 7.75. The Morgan fingerprint density at radius 1 is 1.00 bits per heavy atom. The summed E-state index contributed by atoms with van der Waals surface area (Å²) in [7, 11) is 5.77. The summed E-state index contributed by atoms with van der Waals surface area (Å²) in [6.45, 7) is 7.32. The number of hydrogen-bond acceptors (Lipinski definition) is 6. The van der Waals surface area contributed by atoms with Crippen LogP contribution < -0.4 is 19.7 Å². The van der Waals surface area contributed by atoms with Gasteiger partial charge in [0.1, 0.15) is 18.1 Å². The van der Waals surface area contributed by atoms with E-state index in [1.807, 2.05) is 37.5 Å². The second kappa shape index (κ2) is 12.1. The monoisotopic (exact) mass is 437 g/mol. The minimum absolute atomic E-state index is 0.615. The Morgan fingerprint density at radius 2 is 1.72 bits per heavy atom. The van der Waals surface area contributed by atoms with Gasteiger partial charge >= 0.3 is 0 Å². The molecule has 0 amide bonds. The number of anilines is 1. The highest BCUT2D eigenvalue weighted by Crippen LogP contribution is 2.25. The van der Waals surface area contributed by atoms with Gasteiger partial charge in [-0.3, -0.25) is 5.10 Å². The average molecular weight is 438 g/mol. The summed E-state index contributed by atoms with van der Waals surface area (Å²) in [5, 5.41) is 10.7. The lowest BCUT2D eigenvalue weighted by Crippen LogP contribution is -2.28. The lowest BCUT2D eigenvalue weighted by atomic mass is 10.1. The SMILES string of the molecule is CCN(CCOc1ccc(OC)cc1)c1ccc(-c2n[nH]cc2CN(C)CCNC)cc1. The van der Waals surface area contributed by atoms with Gasteiger partial charge in [-0.25, -0.2) is 0 Å². The molecule has 1 aromatic heterocycles. The molecule has 0 saturated heterocycles. The van der Waals surface area contributed by atoms with Crippen molar-refractivity contribution in [1.82, 2.24) is 20.4 Å². The van der Waals surface area contributed by atoms with Gasteiger partial charge in [0, 0.05) is 49.2 Å². The van der Waals surface area contributed by atoms with Gasteiger partial charge in [-0.1, -0.05) is 12.1 Å². The highest BCUT2D eigenvalue weighted by molar-refractivity contribution is 5.65. The van der Waals surface area contributed by atoms with Crippen molar-refractivity contribution in [3.63, 3.8) is 0 Å². The second-order valence-electron chi connectivity index (χ2n) is 7.75. The summed E-state index contributed by atoms with van der Waals surface area (Å²) >= 11 is 0. The lowest BCUT2D eigenvalue weighted by molar-refractivity contribution is 0.323. The van der Waals surface area contributed by atoms with Crippen molar-refractivity contribution in [2.75, 3.05) is 58.9 Å². The summed E-state index contributed by atoms with van der Waals surface area (Å²) in [5.41, 5.74) is 4.52. The number of aromatic nitrogens is 2. The Balaban J connectivity index is 1.58. The Bertz CT molecular complexity index is 924. The van der Waals surface area contributed by atoms with Crippen LogP contribution in [0.5, 0.6) is 11.5 Å². The zero-order valence-electron chi connectivity index (χ0n) is 19.6. The first-order chi connectivity index (χ1) is 15.6. The van der Waals surface area contributed by atoms with Crippen LogP contribution >= 0.6 is 0 Å². The van der Waals surface area contributed by atoms with E-state index in [1.54, 1.807) is 7.11 Å². The molecule has 0 aliphatic heterocycles. The van der Waals surface area contributed by atoms with Crippen molar-refractivity contribution in [3.8, 4) is 22.8 Å². The maximum atomic E-state index is 5.90. The molecule has 3 rings (SSSR count). The number of likely N-dealkylation sites (N-methyl/N-ethyl adjacent to an activating group) is 3. The number of nitrogens with one attached hydrogen (secondary N) is 2. The Labute approximate surface area is 191 Å². The van der Waals surface area contributed by atoms with Crippen molar-refractivity contribution < 1.29 is 9.47 Å². The van der Waals surface area contributed by atoms with Gasteiger partial charge in [0.25, 0.3) is 0 Å². The predicted octanol–water partition coefficient (Wildman–Crippen LogP) is 3.64. The van der Waals surface area contributed by atoms with E-state index >= 15 is 0 Å². The van der Waals surface area contributed by atoms with Gasteiger partial charge in [0.2, 0.25) is 0 Å². The Kier molecular flexibility index (Phi) is 8.95. The summed E-state index contributed by atoms with van der Waals surface area (Å²) in [6.07, 6.45) is 1.99. The maximum absolute atomic E-state index is 5.90. The van der Waals surface area contributed by atoms with E-state index in [0.717, 1.165) is 55.5 Å². The summed E-state index contributed by atoms with van der Waals surface area (Å²) in [5.74, 6) is 1.68. The van der Waals surface area contributed by atoms with Crippen molar-refractivity contribution in [1.29, 1.82) is 0 Å². The third kappa shape index (κ3) is 6.48. The molecule has 0 aliphatic carbocycles. The molecule has 0 fully saturated rings. The normalized spacial score (nSPS) is 11.0. The van der Waals surface area contributed by atoms with Gasteiger partial charge in [-0.2, -0.15) is 5.10 Å². The van der Waals surface area contributed by atoms with Gasteiger partial charge in [0.05, 0.1) is 19.3 Å². The molecule has 7 nitrogen and oxygen atoms in total. The molecule has 2 N–H and O–H groups in total. The van der Waals surface area contributed by atoms with Crippen LogP contribution in [0.1, 0.15) is 12.5 Å². The zero-order valence-corrected chi connectivity index (χ0v) is 19.6. The van der Waals surface area contributed by atoms with E-state index in [-0.39, 0.29) is 0 Å². The minimum Gasteiger partial charge on any atom is -0.497 e. The Hall–Kier alpha value is -3.03. The number of benzene rings is 2. The van der Waals surface area contributed by atoms with E-state index in [1.165, 1.54) is 11.3 Å². The number of ether oxygens (including phenoxy) is 2. The molecular weight excluding hydrogens is 402 g/mol. The molecule has 0 bridgehead atoms. The summed E-state index contributed by atoms with van der Waals surface area (Å²) in [6, 6.07) is 16.3. The molecule has 0 unspecified atom stereocenters. The number of nitrogens with zero attached hydrogens (tertiary/aromatic N) is 3. The molecule has 7 heteroatoms. The number of methoxy groups -OCH3 is 1. The molecule has 32 heavy (non-hydrogen) atoms. The van der Waals surface area contributed by atoms with Crippen molar-refractivity contribution in [2.24, 2.45) is 0 Å². The number of hydrogen-bond donors (Lipinski definition) is 2. The van der Waals surface area contributed by atoms with Crippen molar-refractivity contribution in [3.05, 3.63) is 60.3 Å². The van der Waals surface area contributed by atoms with E-state index in [4.69, 9.17) is 9.47 Å². The van der Waals surface area contributed by atoms with E-state index < -0.39 is 0 Å². The summed E-state index contributed by atoms with van der Waals surface area (Å²) < 4.78 is 11.1. The highest BCUT2D eigenvalue weighted by Gasteiger charge is 2.12. The smallest absolute Gasteiger partial charge is 0.119 e. The van der Waals surface area contributed by atoms with Crippen molar-refractivity contribution in [2.45, 2.75) is 13.5 Å². The predicted molar refractivity (Wildman–Crippen MR) is 131 cm³/mol. The molecular formula is C25H35N5O2. The molecule has 0 spiro atoms. The highest BCUT2D eigenvalue weighted by atomic mass is 16.5. The molecule has 0 aliphatic rings. The molecule has 2 aromatic carbocycles. The van der Waals surface area contributed by atoms with Crippen molar-refractivity contribution >= 4 is 5.69 Å². The first kappa shape index (κ1) is 23.6. The quantitative estimate of drug-likeness (QED) is 0.426. The number of rotatable bonds is 13. The maximum Gasteiger partial charge on any atom is 0.119 e. The van der Waals surface area contributed by atoms with E-state index in [9.17, 15) is 0 Å². The van der Waals surface area contributed by atoms with Gasteiger partial charge in [-0.15, -0.1) is 0 Å². The van der Waals surface area contributed by atoms with Crippen LogP contribution in [0.25, 0.3) is 11.3 Å². The van der Waals surface area contributed by atoms with Crippen LogP contribution in [0.3, 0.4) is 0 Å². The number of aromatic amines is 1. The van der Waals surface area contributed by atoms with Crippen LogP contribution in [0, 0.1) is 0 Å². The van der Waals surface area contributed by atoms with Gasteiger partial charge in [0.15, 0.2) is 0 Å². The fourth-order valence-electron chi connectivity index (χ4n) is 3.60. The first-order valence-corrected chi connectivity index (χ1v) is 11.1. The first-order valence-electron chi connectivity index (χ1n) is 11.1. The lowest BCUT2D eigenvalue weighted by Gasteiger charge is -2.23. The van der Waals surface area contributed by atoms with Crippen LogP contribution in [-0.2, 0) is 6.54 Å². The molecule has 0 radical (unpaired) electrons. The molecule has 3 aromatic rings. The molecule has 0 atom stereocenters. The van der Waals surface area contributed by atoms with Crippen LogP contribution in [0.2, 0.25) is 0 Å². The summed E-state index contributed by atoms with van der Waals surface area (Å²) in [4.78, 5) is 4.60. The van der Waals surface area contributed by atoms with E-state index in [0.29, 0.717) is 6.61 Å². The van der Waals surface area contributed by atoms with Crippen LogP contribution in [0.15, 0.2) is 54.7 Å². The number of H-pyrrole nitrogens is 1. The minimum atomic E-state index is 0.615.